The van der Waals surface area contributed by atoms with Crippen molar-refractivity contribution in [1.82, 2.24) is 10.6 Å². The van der Waals surface area contributed by atoms with E-state index in [-0.39, 0.29) is 24.9 Å². The van der Waals surface area contributed by atoms with Crippen LogP contribution in [0.25, 0.3) is 0 Å². The molecule has 1 amide bonds. The average molecular weight is 230 g/mol. The van der Waals surface area contributed by atoms with Crippen molar-refractivity contribution < 1.29 is 19.8 Å². The predicted octanol–water partition coefficient (Wildman–Crippen LogP) is -1.06. The zero-order valence-electron chi connectivity index (χ0n) is 9.11. The van der Waals surface area contributed by atoms with Crippen molar-refractivity contribution in [2.45, 2.75) is 25.3 Å². The molecule has 2 atom stereocenters. The van der Waals surface area contributed by atoms with Crippen LogP contribution in [0.3, 0.4) is 0 Å². The van der Waals surface area contributed by atoms with Crippen molar-refractivity contribution in [2.24, 2.45) is 5.92 Å². The number of hydrogen-bond donors (Lipinski definition) is 4. The van der Waals surface area contributed by atoms with Crippen LogP contribution in [0, 0.1) is 5.92 Å². The van der Waals surface area contributed by atoms with E-state index >= 15 is 0 Å². The standard InChI is InChI=1S/C10H18N2O4/c13-5-3-8(10(15)16)12-9(14)7-2-1-4-11-6-7/h7-8,11,13H,1-6H2,(H,12,14)(H,15,16)/t7-,8-/m1/s1. The van der Waals surface area contributed by atoms with Crippen molar-refractivity contribution in [3.05, 3.63) is 0 Å². The van der Waals surface area contributed by atoms with E-state index in [4.69, 9.17) is 10.2 Å². The molecule has 1 rings (SSSR count). The molecular formula is C10H18N2O4. The number of rotatable bonds is 5. The molecule has 0 spiro atoms. The number of carbonyl (C=O) groups is 2. The predicted molar refractivity (Wildman–Crippen MR) is 56.9 cm³/mol. The van der Waals surface area contributed by atoms with Crippen LogP contribution in [0.1, 0.15) is 19.3 Å². The van der Waals surface area contributed by atoms with Gasteiger partial charge in [-0.2, -0.15) is 0 Å². The molecule has 0 aromatic carbocycles. The van der Waals surface area contributed by atoms with Gasteiger partial charge in [-0.15, -0.1) is 0 Å². The lowest BCUT2D eigenvalue weighted by Gasteiger charge is -2.23. The number of aliphatic hydroxyl groups is 1. The second-order valence-electron chi connectivity index (χ2n) is 3.95. The van der Waals surface area contributed by atoms with Gasteiger partial charge in [0.1, 0.15) is 6.04 Å². The van der Waals surface area contributed by atoms with Crippen molar-refractivity contribution in [3.8, 4) is 0 Å². The molecule has 1 aliphatic heterocycles. The van der Waals surface area contributed by atoms with Crippen molar-refractivity contribution in [3.63, 3.8) is 0 Å². The fourth-order valence-electron chi connectivity index (χ4n) is 1.75. The van der Waals surface area contributed by atoms with Gasteiger partial charge in [0.15, 0.2) is 0 Å². The maximum absolute atomic E-state index is 11.7. The maximum Gasteiger partial charge on any atom is 0.326 e. The number of hydrogen-bond acceptors (Lipinski definition) is 4. The highest BCUT2D eigenvalue weighted by molar-refractivity contribution is 5.85. The topological polar surface area (TPSA) is 98.7 Å². The Morgan fingerprint density at radius 3 is 2.75 bits per heavy atom. The summed E-state index contributed by atoms with van der Waals surface area (Å²) < 4.78 is 0. The van der Waals surface area contributed by atoms with Crippen molar-refractivity contribution >= 4 is 11.9 Å². The first-order valence-corrected chi connectivity index (χ1v) is 5.50. The Morgan fingerprint density at radius 1 is 1.50 bits per heavy atom. The summed E-state index contributed by atoms with van der Waals surface area (Å²) >= 11 is 0. The van der Waals surface area contributed by atoms with Gasteiger partial charge in [-0.1, -0.05) is 0 Å². The molecule has 6 nitrogen and oxygen atoms in total. The van der Waals surface area contributed by atoms with Gasteiger partial charge in [-0.25, -0.2) is 4.79 Å². The van der Waals surface area contributed by atoms with E-state index in [0.717, 1.165) is 19.4 Å². The summed E-state index contributed by atoms with van der Waals surface area (Å²) in [5.41, 5.74) is 0. The van der Waals surface area contributed by atoms with Gasteiger partial charge in [0.05, 0.1) is 5.92 Å². The van der Waals surface area contributed by atoms with Gasteiger partial charge in [0.25, 0.3) is 0 Å². The molecule has 0 aliphatic carbocycles. The normalized spacial score (nSPS) is 22.4. The van der Waals surface area contributed by atoms with Crippen LogP contribution in [0.5, 0.6) is 0 Å². The Hall–Kier alpha value is -1.14. The third kappa shape index (κ3) is 3.79. The van der Waals surface area contributed by atoms with Crippen LogP contribution in [-0.4, -0.2) is 47.8 Å². The number of carbonyl (C=O) groups excluding carboxylic acids is 1. The Kier molecular flexibility index (Phi) is 5.21. The Morgan fingerprint density at radius 2 is 2.25 bits per heavy atom. The van der Waals surface area contributed by atoms with Gasteiger partial charge in [-0.3, -0.25) is 4.79 Å². The van der Waals surface area contributed by atoms with E-state index < -0.39 is 12.0 Å². The molecule has 6 heteroatoms. The van der Waals surface area contributed by atoms with E-state index in [2.05, 4.69) is 10.6 Å². The highest BCUT2D eigenvalue weighted by atomic mass is 16.4. The number of carboxylic acids is 1. The number of nitrogens with one attached hydrogen (secondary N) is 2. The second-order valence-corrected chi connectivity index (χ2v) is 3.95. The molecule has 0 bridgehead atoms. The molecule has 1 aliphatic rings. The minimum Gasteiger partial charge on any atom is -0.480 e. The first-order chi connectivity index (χ1) is 7.65. The molecule has 0 aromatic rings. The summed E-state index contributed by atoms with van der Waals surface area (Å²) in [6, 6.07) is -0.987. The molecule has 1 saturated heterocycles. The third-order valence-electron chi connectivity index (χ3n) is 2.70. The molecule has 0 radical (unpaired) electrons. The molecule has 92 valence electrons. The lowest BCUT2D eigenvalue weighted by Crippen LogP contribution is -2.47. The SMILES string of the molecule is O=C(N[C@H](CCO)C(=O)O)[C@@H]1CCCNC1. The van der Waals surface area contributed by atoms with Crippen LogP contribution in [0.15, 0.2) is 0 Å². The maximum atomic E-state index is 11.7. The Labute approximate surface area is 94.0 Å². The zero-order chi connectivity index (χ0) is 12.0. The molecule has 0 aromatic heterocycles. The number of carboxylic acid groups (broad SMARTS) is 1. The van der Waals surface area contributed by atoms with Crippen molar-refractivity contribution in [2.75, 3.05) is 19.7 Å². The van der Waals surface area contributed by atoms with Gasteiger partial charge < -0.3 is 20.8 Å². The summed E-state index contributed by atoms with van der Waals surface area (Å²) in [5.74, 6) is -1.51. The molecule has 0 saturated carbocycles. The van der Waals surface area contributed by atoms with Crippen LogP contribution in [0.4, 0.5) is 0 Å². The summed E-state index contributed by atoms with van der Waals surface area (Å²) in [6.45, 7) is 1.25. The Balaban J connectivity index is 2.43. The summed E-state index contributed by atoms with van der Waals surface area (Å²) in [6.07, 6.45) is 1.75. The summed E-state index contributed by atoms with van der Waals surface area (Å²) in [7, 11) is 0. The minimum atomic E-state index is -1.11. The van der Waals surface area contributed by atoms with Crippen molar-refractivity contribution in [1.29, 1.82) is 0 Å². The highest BCUT2D eigenvalue weighted by Crippen LogP contribution is 2.10. The van der Waals surface area contributed by atoms with E-state index in [1.165, 1.54) is 0 Å². The van der Waals surface area contributed by atoms with E-state index in [0.29, 0.717) is 6.54 Å². The molecular weight excluding hydrogens is 212 g/mol. The molecule has 4 N–H and O–H groups in total. The average Bonchev–Trinajstić information content (AvgIpc) is 2.29. The summed E-state index contributed by atoms with van der Waals surface area (Å²) in [5, 5.41) is 23.0. The third-order valence-corrected chi connectivity index (χ3v) is 2.70. The number of amides is 1. The van der Waals surface area contributed by atoms with Crippen LogP contribution in [0.2, 0.25) is 0 Å². The second kappa shape index (κ2) is 6.44. The number of aliphatic hydroxyl groups excluding tert-OH is 1. The number of piperidine rings is 1. The molecule has 1 heterocycles. The Bertz CT molecular complexity index is 251. The summed E-state index contributed by atoms with van der Waals surface area (Å²) in [4.78, 5) is 22.5. The smallest absolute Gasteiger partial charge is 0.326 e. The van der Waals surface area contributed by atoms with E-state index in [1.807, 2.05) is 0 Å². The van der Waals surface area contributed by atoms with Crippen LogP contribution >= 0.6 is 0 Å². The first-order valence-electron chi connectivity index (χ1n) is 5.50. The first kappa shape index (κ1) is 12.9. The van der Waals surface area contributed by atoms with E-state index in [1.54, 1.807) is 0 Å². The molecule has 16 heavy (non-hydrogen) atoms. The van der Waals surface area contributed by atoms with Gasteiger partial charge >= 0.3 is 5.97 Å². The molecule has 1 fully saturated rings. The van der Waals surface area contributed by atoms with Gasteiger partial charge in [-0.05, 0) is 19.4 Å². The zero-order valence-corrected chi connectivity index (χ0v) is 9.11. The van der Waals surface area contributed by atoms with Gasteiger partial charge in [0.2, 0.25) is 5.91 Å². The molecule has 0 unspecified atom stereocenters. The number of aliphatic carboxylic acids is 1. The van der Waals surface area contributed by atoms with Crippen LogP contribution in [-0.2, 0) is 9.59 Å². The quantitative estimate of drug-likeness (QED) is 0.482. The highest BCUT2D eigenvalue weighted by Gasteiger charge is 2.25. The lowest BCUT2D eigenvalue weighted by atomic mass is 9.98. The fourth-order valence-corrected chi connectivity index (χ4v) is 1.75. The fraction of sp³-hybridized carbons (Fsp3) is 0.800. The van der Waals surface area contributed by atoms with E-state index in [9.17, 15) is 9.59 Å². The van der Waals surface area contributed by atoms with Gasteiger partial charge in [0, 0.05) is 19.6 Å². The lowest BCUT2D eigenvalue weighted by molar-refractivity contribution is -0.143. The largest absolute Gasteiger partial charge is 0.480 e. The minimum absolute atomic E-state index is 0.0429. The monoisotopic (exact) mass is 230 g/mol. The van der Waals surface area contributed by atoms with Crippen LogP contribution < -0.4 is 10.6 Å².